The van der Waals surface area contributed by atoms with Crippen LogP contribution in [0.25, 0.3) is 0 Å². The van der Waals surface area contributed by atoms with E-state index in [4.69, 9.17) is 10.8 Å². The highest BCUT2D eigenvalue weighted by atomic mass is 16.4. The van der Waals surface area contributed by atoms with Crippen LogP contribution in [0.4, 0.5) is 5.69 Å². The van der Waals surface area contributed by atoms with Crippen LogP contribution < -0.4 is 11.1 Å². The van der Waals surface area contributed by atoms with E-state index in [1.165, 1.54) is 0 Å². The minimum absolute atomic E-state index is 0.0692. The second-order valence-electron chi connectivity index (χ2n) is 4.77. The highest BCUT2D eigenvalue weighted by Crippen LogP contribution is 2.13. The monoisotopic (exact) mass is 250 g/mol. The number of carbonyl (C=O) groups is 2. The highest BCUT2D eigenvalue weighted by molar-refractivity contribution is 5.97. The number of aliphatic carboxylic acids is 1. The third kappa shape index (κ3) is 4.55. The van der Waals surface area contributed by atoms with Crippen LogP contribution >= 0.6 is 0 Å². The minimum Gasteiger partial charge on any atom is -0.481 e. The topological polar surface area (TPSA) is 92.4 Å². The molecule has 0 aliphatic rings. The number of carboxylic acids is 1. The average molecular weight is 250 g/mol. The molecule has 0 spiro atoms. The predicted molar refractivity (Wildman–Crippen MR) is 69.3 cm³/mol. The van der Waals surface area contributed by atoms with E-state index in [1.807, 2.05) is 6.07 Å². The lowest BCUT2D eigenvalue weighted by Gasteiger charge is -2.18. The number of aryl methyl sites for hydroxylation is 1. The van der Waals surface area contributed by atoms with E-state index in [0.717, 1.165) is 5.56 Å². The summed E-state index contributed by atoms with van der Waals surface area (Å²) in [4.78, 5) is 22.2. The van der Waals surface area contributed by atoms with Crippen molar-refractivity contribution in [2.75, 3.05) is 5.32 Å². The van der Waals surface area contributed by atoms with Crippen LogP contribution in [0, 0.1) is 0 Å². The second-order valence-corrected chi connectivity index (χ2v) is 4.77. The van der Waals surface area contributed by atoms with Gasteiger partial charge in [0.25, 0.3) is 0 Å². The fourth-order valence-corrected chi connectivity index (χ4v) is 1.35. The molecule has 0 saturated carbocycles. The van der Waals surface area contributed by atoms with Gasteiger partial charge in [0.05, 0.1) is 5.54 Å². The van der Waals surface area contributed by atoms with Crippen LogP contribution in [0.1, 0.15) is 25.8 Å². The van der Waals surface area contributed by atoms with Gasteiger partial charge in [0, 0.05) is 12.1 Å². The van der Waals surface area contributed by atoms with E-state index in [2.05, 4.69) is 5.32 Å². The Labute approximate surface area is 106 Å². The van der Waals surface area contributed by atoms with E-state index >= 15 is 0 Å². The van der Waals surface area contributed by atoms with Crippen molar-refractivity contribution in [3.63, 3.8) is 0 Å². The van der Waals surface area contributed by atoms with Gasteiger partial charge in [0.1, 0.15) is 0 Å². The summed E-state index contributed by atoms with van der Waals surface area (Å²) in [6.07, 6.45) is 0.505. The number of nitrogens with one attached hydrogen (secondary N) is 1. The Hall–Kier alpha value is -1.88. The smallest absolute Gasteiger partial charge is 0.303 e. The SMILES string of the molecule is CC(C)(N)C(=O)Nc1cccc(CCC(=O)O)c1. The van der Waals surface area contributed by atoms with E-state index in [-0.39, 0.29) is 12.3 Å². The molecule has 0 radical (unpaired) electrons. The van der Waals surface area contributed by atoms with Gasteiger partial charge in [-0.05, 0) is 38.0 Å². The molecule has 98 valence electrons. The summed E-state index contributed by atoms with van der Waals surface area (Å²) in [5, 5.41) is 11.3. The number of nitrogens with two attached hydrogens (primary N) is 1. The molecule has 0 heterocycles. The maximum atomic E-state index is 11.7. The number of hydrogen-bond acceptors (Lipinski definition) is 3. The first-order valence-corrected chi connectivity index (χ1v) is 5.70. The minimum atomic E-state index is -0.947. The van der Waals surface area contributed by atoms with Gasteiger partial charge >= 0.3 is 5.97 Å². The van der Waals surface area contributed by atoms with E-state index in [9.17, 15) is 9.59 Å². The van der Waals surface area contributed by atoms with E-state index < -0.39 is 11.5 Å². The van der Waals surface area contributed by atoms with Crippen molar-refractivity contribution in [1.82, 2.24) is 0 Å². The Morgan fingerprint density at radius 1 is 1.39 bits per heavy atom. The summed E-state index contributed by atoms with van der Waals surface area (Å²) in [5.74, 6) is -1.12. The number of hydrogen-bond donors (Lipinski definition) is 3. The number of benzene rings is 1. The molecule has 5 heteroatoms. The lowest BCUT2D eigenvalue weighted by Crippen LogP contribution is -2.45. The predicted octanol–water partition coefficient (Wildman–Crippen LogP) is 1.38. The van der Waals surface area contributed by atoms with Crippen molar-refractivity contribution in [3.05, 3.63) is 29.8 Å². The average Bonchev–Trinajstić information content (AvgIpc) is 2.25. The van der Waals surface area contributed by atoms with Crippen molar-refractivity contribution < 1.29 is 14.7 Å². The fraction of sp³-hybridized carbons (Fsp3) is 0.385. The van der Waals surface area contributed by atoms with Crippen LogP contribution in [0.15, 0.2) is 24.3 Å². The highest BCUT2D eigenvalue weighted by Gasteiger charge is 2.21. The molecule has 0 unspecified atom stereocenters. The molecule has 0 fully saturated rings. The largest absolute Gasteiger partial charge is 0.481 e. The van der Waals surface area contributed by atoms with Crippen LogP contribution in [0.2, 0.25) is 0 Å². The van der Waals surface area contributed by atoms with Crippen LogP contribution in [0.5, 0.6) is 0 Å². The van der Waals surface area contributed by atoms with Crippen molar-refractivity contribution in [1.29, 1.82) is 0 Å². The third-order valence-corrected chi connectivity index (χ3v) is 2.40. The van der Waals surface area contributed by atoms with Crippen molar-refractivity contribution in [2.45, 2.75) is 32.2 Å². The van der Waals surface area contributed by atoms with Crippen molar-refractivity contribution in [3.8, 4) is 0 Å². The Balaban J connectivity index is 2.70. The van der Waals surface area contributed by atoms with Gasteiger partial charge < -0.3 is 16.2 Å². The second kappa shape index (κ2) is 5.64. The number of carbonyl (C=O) groups excluding carboxylic acids is 1. The number of amides is 1. The summed E-state index contributed by atoms with van der Waals surface area (Å²) in [7, 11) is 0. The van der Waals surface area contributed by atoms with Crippen LogP contribution in [-0.2, 0) is 16.0 Å². The lowest BCUT2D eigenvalue weighted by atomic mass is 10.1. The summed E-state index contributed by atoms with van der Waals surface area (Å²) in [6.45, 7) is 3.24. The Kier molecular flexibility index (Phi) is 4.44. The summed E-state index contributed by atoms with van der Waals surface area (Å²) in [6, 6.07) is 7.10. The Morgan fingerprint density at radius 3 is 2.61 bits per heavy atom. The zero-order valence-electron chi connectivity index (χ0n) is 10.6. The molecular formula is C13H18N2O3. The zero-order valence-corrected chi connectivity index (χ0v) is 10.6. The van der Waals surface area contributed by atoms with Gasteiger partial charge in [0.2, 0.25) is 5.91 Å². The third-order valence-electron chi connectivity index (χ3n) is 2.40. The molecule has 4 N–H and O–H groups in total. The molecule has 5 nitrogen and oxygen atoms in total. The summed E-state index contributed by atoms with van der Waals surface area (Å²) in [5.41, 5.74) is 6.22. The quantitative estimate of drug-likeness (QED) is 0.736. The van der Waals surface area contributed by atoms with Crippen LogP contribution in [-0.4, -0.2) is 22.5 Å². The van der Waals surface area contributed by atoms with Gasteiger partial charge in [-0.15, -0.1) is 0 Å². The Bertz CT molecular complexity index is 450. The first-order valence-electron chi connectivity index (χ1n) is 5.70. The standard InChI is InChI=1S/C13H18N2O3/c1-13(2,14)12(18)15-10-5-3-4-9(8-10)6-7-11(16)17/h3-5,8H,6-7,14H2,1-2H3,(H,15,18)(H,16,17). The molecule has 18 heavy (non-hydrogen) atoms. The number of carboxylic acid groups (broad SMARTS) is 1. The van der Waals surface area contributed by atoms with Gasteiger partial charge in [-0.3, -0.25) is 9.59 Å². The maximum absolute atomic E-state index is 11.7. The normalized spacial score (nSPS) is 11.1. The molecule has 1 amide bonds. The molecule has 0 bridgehead atoms. The first kappa shape index (κ1) is 14.2. The number of rotatable bonds is 5. The first-order chi connectivity index (χ1) is 8.29. The molecule has 0 saturated heterocycles. The fourth-order valence-electron chi connectivity index (χ4n) is 1.35. The molecule has 1 aromatic carbocycles. The summed E-state index contributed by atoms with van der Waals surface area (Å²) < 4.78 is 0. The molecule has 0 aliphatic carbocycles. The zero-order chi connectivity index (χ0) is 13.8. The lowest BCUT2D eigenvalue weighted by molar-refractivity contribution is -0.137. The van der Waals surface area contributed by atoms with E-state index in [0.29, 0.717) is 12.1 Å². The van der Waals surface area contributed by atoms with Crippen LogP contribution in [0.3, 0.4) is 0 Å². The molecule has 0 aliphatic heterocycles. The molecule has 1 rings (SSSR count). The molecule has 0 aromatic heterocycles. The van der Waals surface area contributed by atoms with Gasteiger partial charge in [0.15, 0.2) is 0 Å². The Morgan fingerprint density at radius 2 is 2.06 bits per heavy atom. The van der Waals surface area contributed by atoms with Crippen molar-refractivity contribution in [2.24, 2.45) is 5.73 Å². The molecule has 1 aromatic rings. The maximum Gasteiger partial charge on any atom is 0.303 e. The summed E-state index contributed by atoms with van der Waals surface area (Å²) >= 11 is 0. The van der Waals surface area contributed by atoms with Gasteiger partial charge in [-0.1, -0.05) is 12.1 Å². The van der Waals surface area contributed by atoms with E-state index in [1.54, 1.807) is 32.0 Å². The molecule has 0 atom stereocenters. The number of anilines is 1. The van der Waals surface area contributed by atoms with Gasteiger partial charge in [-0.2, -0.15) is 0 Å². The van der Waals surface area contributed by atoms with Gasteiger partial charge in [-0.25, -0.2) is 0 Å². The van der Waals surface area contributed by atoms with Crippen molar-refractivity contribution >= 4 is 17.6 Å². The molecular weight excluding hydrogens is 232 g/mol.